The van der Waals surface area contributed by atoms with Crippen molar-refractivity contribution in [1.29, 1.82) is 0 Å². The van der Waals surface area contributed by atoms with Gasteiger partial charge in [0.25, 0.3) is 0 Å². The number of fused-ring (bicyclic) bond motifs is 1. The lowest BCUT2D eigenvalue weighted by molar-refractivity contribution is 0.384. The number of hydrogen-bond donors (Lipinski definition) is 0. The summed E-state index contributed by atoms with van der Waals surface area (Å²) in [4.78, 5) is 6.71. The summed E-state index contributed by atoms with van der Waals surface area (Å²) in [6.07, 6.45) is 0. The molecule has 2 rings (SSSR count). The smallest absolute Gasteiger partial charge is 0.124 e. The summed E-state index contributed by atoms with van der Waals surface area (Å²) >= 11 is 9.41. The highest BCUT2D eigenvalue weighted by molar-refractivity contribution is 9.10. The number of aromatic nitrogens is 2. The number of likely N-dealkylation sites (N-methyl/N-ethyl adjacent to an activating group) is 1. The third-order valence-electron chi connectivity index (χ3n) is 2.68. The van der Waals surface area contributed by atoms with Crippen molar-refractivity contribution in [2.45, 2.75) is 12.4 Å². The SMILES string of the molecule is CN(C)CCn1c(CCl)nc2cc(Br)ccc21. The molecule has 0 saturated heterocycles. The van der Waals surface area contributed by atoms with Crippen LogP contribution in [0.3, 0.4) is 0 Å². The van der Waals surface area contributed by atoms with Crippen LogP contribution in [-0.2, 0) is 12.4 Å². The van der Waals surface area contributed by atoms with E-state index in [1.54, 1.807) is 0 Å². The zero-order chi connectivity index (χ0) is 12.4. The molecule has 0 aliphatic carbocycles. The first kappa shape index (κ1) is 12.9. The molecule has 0 aliphatic heterocycles. The molecule has 92 valence electrons. The summed E-state index contributed by atoms with van der Waals surface area (Å²) in [7, 11) is 4.13. The maximum absolute atomic E-state index is 5.95. The van der Waals surface area contributed by atoms with E-state index in [0.29, 0.717) is 5.88 Å². The lowest BCUT2D eigenvalue weighted by Crippen LogP contribution is -2.19. The summed E-state index contributed by atoms with van der Waals surface area (Å²) in [5, 5.41) is 0. The fourth-order valence-electron chi connectivity index (χ4n) is 1.80. The first-order chi connectivity index (χ1) is 8.11. The van der Waals surface area contributed by atoms with Crippen molar-refractivity contribution in [1.82, 2.24) is 14.5 Å². The van der Waals surface area contributed by atoms with E-state index in [2.05, 4.69) is 50.5 Å². The first-order valence-electron chi connectivity index (χ1n) is 5.47. The van der Waals surface area contributed by atoms with Gasteiger partial charge in [-0.3, -0.25) is 0 Å². The van der Waals surface area contributed by atoms with Crippen molar-refractivity contribution in [2.75, 3.05) is 20.6 Å². The molecule has 0 aliphatic rings. The topological polar surface area (TPSA) is 21.1 Å². The lowest BCUT2D eigenvalue weighted by Gasteiger charge is -2.12. The number of benzene rings is 1. The Kier molecular flexibility index (Phi) is 4.07. The normalized spacial score (nSPS) is 11.6. The molecule has 17 heavy (non-hydrogen) atoms. The maximum atomic E-state index is 5.95. The molecule has 0 atom stereocenters. The Morgan fingerprint density at radius 1 is 1.41 bits per heavy atom. The Balaban J connectivity index is 2.43. The summed E-state index contributed by atoms with van der Waals surface area (Å²) < 4.78 is 3.23. The van der Waals surface area contributed by atoms with Gasteiger partial charge in [-0.15, -0.1) is 11.6 Å². The van der Waals surface area contributed by atoms with Gasteiger partial charge in [0.1, 0.15) is 5.82 Å². The zero-order valence-electron chi connectivity index (χ0n) is 9.95. The molecule has 0 fully saturated rings. The van der Waals surface area contributed by atoms with E-state index in [0.717, 1.165) is 34.4 Å². The van der Waals surface area contributed by atoms with Crippen molar-refractivity contribution in [3.63, 3.8) is 0 Å². The molecule has 0 radical (unpaired) electrons. The number of alkyl halides is 1. The summed E-state index contributed by atoms with van der Waals surface area (Å²) in [6, 6.07) is 6.14. The molecule has 5 heteroatoms. The minimum atomic E-state index is 0.444. The first-order valence-corrected chi connectivity index (χ1v) is 6.80. The molecule has 0 unspecified atom stereocenters. The molecule has 3 nitrogen and oxygen atoms in total. The fraction of sp³-hybridized carbons (Fsp3) is 0.417. The van der Waals surface area contributed by atoms with Crippen molar-refractivity contribution >= 4 is 38.6 Å². The van der Waals surface area contributed by atoms with Crippen LogP contribution in [0.5, 0.6) is 0 Å². The molecule has 1 aromatic heterocycles. The van der Waals surface area contributed by atoms with Gasteiger partial charge in [0.15, 0.2) is 0 Å². The predicted molar refractivity (Wildman–Crippen MR) is 75.5 cm³/mol. The molecular weight excluding hydrogens is 302 g/mol. The molecule has 0 saturated carbocycles. The third kappa shape index (κ3) is 2.81. The molecule has 0 bridgehead atoms. The van der Waals surface area contributed by atoms with Crippen LogP contribution in [0, 0.1) is 0 Å². The van der Waals surface area contributed by atoms with Crippen LogP contribution in [0.2, 0.25) is 0 Å². The van der Waals surface area contributed by atoms with E-state index >= 15 is 0 Å². The van der Waals surface area contributed by atoms with Crippen LogP contribution >= 0.6 is 27.5 Å². The minimum absolute atomic E-state index is 0.444. The van der Waals surface area contributed by atoms with Crippen LogP contribution in [0.25, 0.3) is 11.0 Å². The van der Waals surface area contributed by atoms with Gasteiger partial charge in [0.2, 0.25) is 0 Å². The highest BCUT2D eigenvalue weighted by Crippen LogP contribution is 2.21. The Morgan fingerprint density at radius 2 is 2.18 bits per heavy atom. The Hall–Kier alpha value is -0.580. The van der Waals surface area contributed by atoms with Crippen molar-refractivity contribution in [3.05, 3.63) is 28.5 Å². The Labute approximate surface area is 115 Å². The van der Waals surface area contributed by atoms with Gasteiger partial charge in [-0.25, -0.2) is 4.98 Å². The zero-order valence-corrected chi connectivity index (χ0v) is 12.3. The van der Waals surface area contributed by atoms with Crippen LogP contribution < -0.4 is 0 Å². The number of rotatable bonds is 4. The van der Waals surface area contributed by atoms with Gasteiger partial charge in [-0.2, -0.15) is 0 Å². The predicted octanol–water partition coefficient (Wildman–Crippen LogP) is 3.10. The summed E-state index contributed by atoms with van der Waals surface area (Å²) in [6.45, 7) is 1.89. The summed E-state index contributed by atoms with van der Waals surface area (Å²) in [5.41, 5.74) is 2.14. The number of imidazole rings is 1. The van der Waals surface area contributed by atoms with E-state index in [4.69, 9.17) is 11.6 Å². The van der Waals surface area contributed by atoms with Crippen LogP contribution in [0.1, 0.15) is 5.82 Å². The van der Waals surface area contributed by atoms with Crippen molar-refractivity contribution in [3.8, 4) is 0 Å². The van der Waals surface area contributed by atoms with Crippen molar-refractivity contribution in [2.24, 2.45) is 0 Å². The second kappa shape index (κ2) is 5.38. The van der Waals surface area contributed by atoms with Gasteiger partial charge >= 0.3 is 0 Å². The highest BCUT2D eigenvalue weighted by Gasteiger charge is 2.10. The lowest BCUT2D eigenvalue weighted by atomic mass is 10.3. The Morgan fingerprint density at radius 3 is 2.82 bits per heavy atom. The number of halogens is 2. The van der Waals surface area contributed by atoms with E-state index in [-0.39, 0.29) is 0 Å². The van der Waals surface area contributed by atoms with E-state index < -0.39 is 0 Å². The molecule has 0 spiro atoms. The van der Waals surface area contributed by atoms with E-state index in [9.17, 15) is 0 Å². The largest absolute Gasteiger partial charge is 0.326 e. The fourth-order valence-corrected chi connectivity index (χ4v) is 2.36. The van der Waals surface area contributed by atoms with Gasteiger partial charge in [0.05, 0.1) is 16.9 Å². The van der Waals surface area contributed by atoms with Gasteiger partial charge in [-0.05, 0) is 32.3 Å². The molecule has 2 aromatic rings. The molecule has 1 heterocycles. The second-order valence-electron chi connectivity index (χ2n) is 4.25. The molecular formula is C12H15BrClN3. The highest BCUT2D eigenvalue weighted by atomic mass is 79.9. The molecule has 1 aromatic carbocycles. The monoisotopic (exact) mass is 315 g/mol. The van der Waals surface area contributed by atoms with E-state index in [1.807, 2.05) is 12.1 Å². The maximum Gasteiger partial charge on any atom is 0.124 e. The number of hydrogen-bond acceptors (Lipinski definition) is 2. The minimum Gasteiger partial charge on any atom is -0.326 e. The molecule has 0 N–H and O–H groups in total. The van der Waals surface area contributed by atoms with Crippen molar-refractivity contribution < 1.29 is 0 Å². The Bertz CT molecular complexity index is 522. The van der Waals surface area contributed by atoms with Gasteiger partial charge in [-0.1, -0.05) is 15.9 Å². The second-order valence-corrected chi connectivity index (χ2v) is 5.43. The average molecular weight is 317 g/mol. The third-order valence-corrected chi connectivity index (χ3v) is 3.41. The summed E-state index contributed by atoms with van der Waals surface area (Å²) in [5.74, 6) is 1.38. The molecule has 0 amide bonds. The van der Waals surface area contributed by atoms with Gasteiger partial charge < -0.3 is 9.47 Å². The van der Waals surface area contributed by atoms with Gasteiger partial charge in [0, 0.05) is 17.6 Å². The quantitative estimate of drug-likeness (QED) is 0.808. The number of nitrogens with zero attached hydrogens (tertiary/aromatic N) is 3. The van der Waals surface area contributed by atoms with Crippen LogP contribution in [0.4, 0.5) is 0 Å². The van der Waals surface area contributed by atoms with Crippen LogP contribution in [0.15, 0.2) is 22.7 Å². The standard InChI is InChI=1S/C12H15BrClN3/c1-16(2)5-6-17-11-4-3-9(13)7-10(11)15-12(17)8-14/h3-4,7H,5-6,8H2,1-2H3. The average Bonchev–Trinajstić information content (AvgIpc) is 2.63. The van der Waals surface area contributed by atoms with Crippen LogP contribution in [-0.4, -0.2) is 35.1 Å². The van der Waals surface area contributed by atoms with E-state index in [1.165, 1.54) is 0 Å².